The third-order valence-corrected chi connectivity index (χ3v) is 1.37. The highest BCUT2D eigenvalue weighted by Crippen LogP contribution is 2.15. The molecule has 0 aliphatic carbocycles. The summed E-state index contributed by atoms with van der Waals surface area (Å²) in [5.41, 5.74) is 5.08. The SMILES string of the molecule is Nc1sccc1F. The molecule has 2 N–H and O–H groups in total. The molecule has 0 aliphatic rings. The summed E-state index contributed by atoms with van der Waals surface area (Å²) in [4.78, 5) is 0. The maximum Gasteiger partial charge on any atom is 0.157 e. The molecule has 0 saturated carbocycles. The smallest absolute Gasteiger partial charge is 0.157 e. The predicted octanol–water partition coefficient (Wildman–Crippen LogP) is 1.47. The fraction of sp³-hybridized carbons (Fsp3) is 0. The van der Waals surface area contributed by atoms with E-state index in [0.29, 0.717) is 0 Å². The number of rotatable bonds is 0. The highest BCUT2D eigenvalue weighted by atomic mass is 32.1. The second-order valence-corrected chi connectivity index (χ2v) is 2.08. The molecule has 0 aliphatic heterocycles. The molecule has 0 bridgehead atoms. The van der Waals surface area contributed by atoms with Crippen LogP contribution >= 0.6 is 11.3 Å². The van der Waals surface area contributed by atoms with E-state index < -0.39 is 0 Å². The Labute approximate surface area is 44.6 Å². The molecule has 0 radical (unpaired) electrons. The van der Waals surface area contributed by atoms with Crippen molar-refractivity contribution in [1.29, 1.82) is 0 Å². The Morgan fingerprint density at radius 3 is 2.57 bits per heavy atom. The van der Waals surface area contributed by atoms with E-state index in [0.717, 1.165) is 0 Å². The molecule has 1 rings (SSSR count). The van der Waals surface area contributed by atoms with Crippen LogP contribution in [0.3, 0.4) is 0 Å². The van der Waals surface area contributed by atoms with E-state index in [1.807, 2.05) is 0 Å². The van der Waals surface area contributed by atoms with Crippen molar-refractivity contribution in [3.63, 3.8) is 0 Å². The van der Waals surface area contributed by atoms with Gasteiger partial charge in [0.1, 0.15) is 5.00 Å². The van der Waals surface area contributed by atoms with Crippen LogP contribution in [0.15, 0.2) is 11.4 Å². The molecule has 0 atom stereocenters. The Hall–Kier alpha value is -0.570. The Bertz CT molecular complexity index is 144. The number of nitrogen functional groups attached to an aromatic ring is 1. The quantitative estimate of drug-likeness (QED) is 0.547. The van der Waals surface area contributed by atoms with Crippen molar-refractivity contribution in [1.82, 2.24) is 0 Å². The van der Waals surface area contributed by atoms with Crippen molar-refractivity contribution in [3.05, 3.63) is 17.3 Å². The first-order valence-electron chi connectivity index (χ1n) is 1.79. The van der Waals surface area contributed by atoms with Crippen molar-refractivity contribution >= 4 is 16.3 Å². The zero-order chi connectivity index (χ0) is 5.28. The van der Waals surface area contributed by atoms with Gasteiger partial charge in [0.15, 0.2) is 5.82 Å². The number of hydrogen-bond acceptors (Lipinski definition) is 2. The van der Waals surface area contributed by atoms with Crippen molar-refractivity contribution in [2.75, 3.05) is 5.73 Å². The van der Waals surface area contributed by atoms with E-state index in [1.54, 1.807) is 5.38 Å². The Morgan fingerprint density at radius 2 is 2.43 bits per heavy atom. The van der Waals surface area contributed by atoms with Gasteiger partial charge in [0.2, 0.25) is 0 Å². The van der Waals surface area contributed by atoms with E-state index in [1.165, 1.54) is 17.4 Å². The van der Waals surface area contributed by atoms with Crippen molar-refractivity contribution in [2.45, 2.75) is 0 Å². The van der Waals surface area contributed by atoms with Gasteiger partial charge in [0, 0.05) is 0 Å². The fourth-order valence-electron chi connectivity index (χ4n) is 0.305. The lowest BCUT2D eigenvalue weighted by molar-refractivity contribution is 0.637. The highest BCUT2D eigenvalue weighted by molar-refractivity contribution is 7.13. The zero-order valence-corrected chi connectivity index (χ0v) is 4.33. The molecule has 0 aromatic carbocycles. The molecular weight excluding hydrogens is 113 g/mol. The highest BCUT2D eigenvalue weighted by Gasteiger charge is 1.93. The van der Waals surface area contributed by atoms with Gasteiger partial charge in [-0.25, -0.2) is 4.39 Å². The number of hydrogen-bond donors (Lipinski definition) is 1. The zero-order valence-electron chi connectivity index (χ0n) is 3.52. The monoisotopic (exact) mass is 117 g/mol. The van der Waals surface area contributed by atoms with Crippen LogP contribution in [0, 0.1) is 5.82 Å². The van der Waals surface area contributed by atoms with Gasteiger partial charge in [-0.3, -0.25) is 0 Å². The lowest BCUT2D eigenvalue weighted by Gasteiger charge is -1.76. The number of halogens is 1. The van der Waals surface area contributed by atoms with Crippen LogP contribution in [0.2, 0.25) is 0 Å². The lowest BCUT2D eigenvalue weighted by atomic mass is 10.6. The molecular formula is C4H4FNS. The van der Waals surface area contributed by atoms with Crippen LogP contribution in [-0.4, -0.2) is 0 Å². The number of anilines is 1. The first-order valence-corrected chi connectivity index (χ1v) is 2.67. The van der Waals surface area contributed by atoms with Gasteiger partial charge in [-0.2, -0.15) is 0 Å². The van der Waals surface area contributed by atoms with Gasteiger partial charge < -0.3 is 5.73 Å². The first-order chi connectivity index (χ1) is 3.30. The van der Waals surface area contributed by atoms with Gasteiger partial charge >= 0.3 is 0 Å². The Kier molecular flexibility index (Phi) is 0.982. The van der Waals surface area contributed by atoms with Crippen LogP contribution in [-0.2, 0) is 0 Å². The maximum absolute atomic E-state index is 12.0. The third kappa shape index (κ3) is 0.718. The predicted molar refractivity (Wildman–Crippen MR) is 28.7 cm³/mol. The van der Waals surface area contributed by atoms with Crippen molar-refractivity contribution in [2.24, 2.45) is 0 Å². The van der Waals surface area contributed by atoms with Crippen molar-refractivity contribution < 1.29 is 4.39 Å². The van der Waals surface area contributed by atoms with E-state index in [-0.39, 0.29) is 10.8 Å². The minimum atomic E-state index is -0.315. The van der Waals surface area contributed by atoms with Crippen LogP contribution in [0.5, 0.6) is 0 Å². The molecule has 1 heterocycles. The molecule has 0 saturated heterocycles. The summed E-state index contributed by atoms with van der Waals surface area (Å²) in [6, 6.07) is 1.35. The summed E-state index contributed by atoms with van der Waals surface area (Å²) in [5.74, 6) is -0.315. The molecule has 1 aromatic rings. The maximum atomic E-state index is 12.0. The topological polar surface area (TPSA) is 26.0 Å². The minimum Gasteiger partial charge on any atom is -0.388 e. The van der Waals surface area contributed by atoms with Crippen LogP contribution in [0.1, 0.15) is 0 Å². The lowest BCUT2D eigenvalue weighted by Crippen LogP contribution is -1.79. The van der Waals surface area contributed by atoms with Gasteiger partial charge in [0.25, 0.3) is 0 Å². The normalized spacial score (nSPS) is 9.29. The van der Waals surface area contributed by atoms with E-state index in [9.17, 15) is 4.39 Å². The van der Waals surface area contributed by atoms with Crippen LogP contribution in [0.4, 0.5) is 9.39 Å². The molecule has 0 amide bonds. The Balaban J connectivity index is 3.12. The second-order valence-electron chi connectivity index (χ2n) is 1.13. The molecule has 1 nitrogen and oxygen atoms in total. The molecule has 38 valence electrons. The summed E-state index contributed by atoms with van der Waals surface area (Å²) in [7, 11) is 0. The summed E-state index contributed by atoms with van der Waals surface area (Å²) in [6.07, 6.45) is 0. The standard InChI is InChI=1S/C4H4FNS/c5-3-1-2-7-4(3)6/h1-2H,6H2. The third-order valence-electron chi connectivity index (χ3n) is 0.645. The average Bonchev–Trinajstić information content (AvgIpc) is 1.91. The first kappa shape index (κ1) is 4.59. The molecule has 0 fully saturated rings. The van der Waals surface area contributed by atoms with Gasteiger partial charge in [0.05, 0.1) is 0 Å². The molecule has 0 unspecified atom stereocenters. The molecule has 0 spiro atoms. The van der Waals surface area contributed by atoms with Crippen molar-refractivity contribution in [3.8, 4) is 0 Å². The van der Waals surface area contributed by atoms with E-state index in [2.05, 4.69) is 0 Å². The second kappa shape index (κ2) is 1.50. The minimum absolute atomic E-state index is 0.264. The Morgan fingerprint density at radius 1 is 1.71 bits per heavy atom. The van der Waals surface area contributed by atoms with E-state index >= 15 is 0 Å². The van der Waals surface area contributed by atoms with Gasteiger partial charge in [-0.15, -0.1) is 11.3 Å². The summed E-state index contributed by atoms with van der Waals surface area (Å²) in [6.45, 7) is 0. The number of nitrogens with two attached hydrogens (primary N) is 1. The molecule has 3 heteroatoms. The molecule has 7 heavy (non-hydrogen) atoms. The summed E-state index contributed by atoms with van der Waals surface area (Å²) >= 11 is 1.21. The van der Waals surface area contributed by atoms with E-state index in [4.69, 9.17) is 5.73 Å². The van der Waals surface area contributed by atoms with Crippen LogP contribution in [0.25, 0.3) is 0 Å². The summed E-state index contributed by atoms with van der Waals surface area (Å²) in [5, 5.41) is 1.88. The summed E-state index contributed by atoms with van der Waals surface area (Å²) < 4.78 is 12.0. The van der Waals surface area contributed by atoms with Gasteiger partial charge in [-0.1, -0.05) is 0 Å². The van der Waals surface area contributed by atoms with Gasteiger partial charge in [-0.05, 0) is 11.4 Å². The molecule has 1 aromatic heterocycles. The fourth-order valence-corrected chi connectivity index (χ4v) is 0.820. The number of thiophene rings is 1. The van der Waals surface area contributed by atoms with Crippen LogP contribution < -0.4 is 5.73 Å². The average molecular weight is 117 g/mol. The largest absolute Gasteiger partial charge is 0.388 e.